The number of nitrogens with zero attached hydrogens (tertiary/aromatic N) is 2. The monoisotopic (exact) mass is 631 g/mol. The smallest absolute Gasteiger partial charge is 0.254 e. The fraction of sp³-hybridized carbons (Fsp3) is 0.333. The fourth-order valence-corrected chi connectivity index (χ4v) is 8.86. The van der Waals surface area contributed by atoms with Gasteiger partial charge in [0.05, 0.1) is 11.8 Å². The van der Waals surface area contributed by atoms with Crippen molar-refractivity contribution in [3.8, 4) is 0 Å². The number of aromatic nitrogens is 3. The van der Waals surface area contributed by atoms with Gasteiger partial charge in [0.2, 0.25) is 0 Å². The lowest BCUT2D eigenvalue weighted by Crippen LogP contribution is -2.54. The van der Waals surface area contributed by atoms with E-state index in [1.165, 1.54) is 0 Å². The van der Waals surface area contributed by atoms with Crippen LogP contribution in [0.15, 0.2) is 85.2 Å². The van der Waals surface area contributed by atoms with E-state index in [0.29, 0.717) is 24.1 Å². The van der Waals surface area contributed by atoms with Crippen molar-refractivity contribution in [2.75, 3.05) is 0 Å². The second-order valence-corrected chi connectivity index (χ2v) is 13.2. The Kier molecular flexibility index (Phi) is 6.32. The van der Waals surface area contributed by atoms with Crippen molar-refractivity contribution in [1.82, 2.24) is 15.0 Å². The van der Waals surface area contributed by atoms with Gasteiger partial charge in [-0.15, -0.1) is 0 Å². The highest BCUT2D eigenvalue weighted by Gasteiger charge is 2.65. The van der Waals surface area contributed by atoms with Gasteiger partial charge in [0.25, 0.3) is 12.1 Å². The number of para-hydroxylation sites is 3. The molecule has 0 bridgehead atoms. The van der Waals surface area contributed by atoms with Crippen LogP contribution in [0.3, 0.4) is 0 Å². The Morgan fingerprint density at radius 3 is 1.70 bits per heavy atom. The maximum Gasteiger partial charge on any atom is 0.254 e. The molecule has 0 amide bonds. The van der Waals surface area contributed by atoms with Crippen LogP contribution in [0.1, 0.15) is 66.3 Å². The van der Waals surface area contributed by atoms with Gasteiger partial charge >= 0.3 is 0 Å². The summed E-state index contributed by atoms with van der Waals surface area (Å²) >= 11 is 0. The van der Waals surface area contributed by atoms with Crippen LogP contribution in [-0.2, 0) is 9.47 Å². The van der Waals surface area contributed by atoms with E-state index >= 15 is 0 Å². The number of nitrogens with one attached hydrogen (secondary N) is 3. The van der Waals surface area contributed by atoms with E-state index in [2.05, 4.69) is 15.0 Å². The summed E-state index contributed by atoms with van der Waals surface area (Å²) in [5.74, 6) is -2.76. The van der Waals surface area contributed by atoms with Crippen molar-refractivity contribution < 1.29 is 19.3 Å². The maximum absolute atomic E-state index is 13.6. The summed E-state index contributed by atoms with van der Waals surface area (Å²) in [5, 5.41) is 29.6. The first kappa shape index (κ1) is 28.2. The van der Waals surface area contributed by atoms with Gasteiger partial charge in [-0.2, -0.15) is 0 Å². The minimum Gasteiger partial charge on any atom is -0.361 e. The Morgan fingerprint density at radius 2 is 1.13 bits per heavy atom. The zero-order valence-corrected chi connectivity index (χ0v) is 25.4. The predicted octanol–water partition coefficient (Wildman–Crippen LogP) is 7.14. The van der Waals surface area contributed by atoms with Crippen LogP contribution >= 0.6 is 0 Å². The van der Waals surface area contributed by atoms with Gasteiger partial charge < -0.3 is 24.4 Å². The van der Waals surface area contributed by atoms with E-state index in [1.807, 2.05) is 85.2 Å². The molecule has 238 valence electrons. The first-order chi connectivity index (χ1) is 22.9. The summed E-state index contributed by atoms with van der Waals surface area (Å²) < 4.78 is 13.6. The van der Waals surface area contributed by atoms with E-state index in [4.69, 9.17) is 9.47 Å². The number of aromatic amines is 3. The van der Waals surface area contributed by atoms with E-state index in [9.17, 15) is 20.2 Å². The maximum atomic E-state index is 13.6. The standard InChI is InChI=1S/C36H33N5O6/c42-40(43)32-29(23-18-37-25-13-5-2-10-20(23)25)28-22-12-4-7-15-27(22)39-31(28)30(24-19-38-26-14-6-3-11-21(24)26)33(41(44)45)35-34(32)46-36(47-35)16-8-1-9-17-36/h2-7,10-15,18-19,29-30,32-35,37-39H,1,8-9,16-17H2/t29-,30+,32?,33?,34?,35?/m1/s1. The highest BCUT2D eigenvalue weighted by Crippen LogP contribution is 2.53. The topological polar surface area (TPSA) is 152 Å². The third kappa shape index (κ3) is 4.19. The van der Waals surface area contributed by atoms with Crippen molar-refractivity contribution in [2.45, 2.75) is 74.0 Å². The Hall–Kier alpha value is -5.00. The molecule has 1 saturated heterocycles. The molecule has 3 aliphatic rings. The lowest BCUT2D eigenvalue weighted by Gasteiger charge is -2.34. The molecule has 1 spiro atoms. The summed E-state index contributed by atoms with van der Waals surface area (Å²) in [5.41, 5.74) is 5.22. The molecule has 6 atom stereocenters. The third-order valence-corrected chi connectivity index (χ3v) is 10.8. The molecule has 9 rings (SSSR count). The highest BCUT2D eigenvalue weighted by atomic mass is 16.8. The number of nitro groups is 2. The zero-order valence-electron chi connectivity index (χ0n) is 25.4. The number of H-pyrrole nitrogens is 3. The summed E-state index contributed by atoms with van der Waals surface area (Å²) in [6.07, 6.45) is 5.07. The van der Waals surface area contributed by atoms with E-state index in [-0.39, 0.29) is 9.85 Å². The average molecular weight is 632 g/mol. The van der Waals surface area contributed by atoms with E-state index in [0.717, 1.165) is 63.1 Å². The van der Waals surface area contributed by atoms with Crippen molar-refractivity contribution in [2.24, 2.45) is 0 Å². The van der Waals surface area contributed by atoms with Crippen LogP contribution in [0.4, 0.5) is 0 Å². The number of rotatable bonds is 4. The zero-order chi connectivity index (χ0) is 31.9. The first-order valence-electron chi connectivity index (χ1n) is 16.3. The summed E-state index contributed by atoms with van der Waals surface area (Å²) in [7, 11) is 0. The first-order valence-corrected chi connectivity index (χ1v) is 16.3. The van der Waals surface area contributed by atoms with Gasteiger partial charge in [-0.3, -0.25) is 20.2 Å². The molecule has 4 heterocycles. The second-order valence-electron chi connectivity index (χ2n) is 13.2. The van der Waals surface area contributed by atoms with Gasteiger partial charge in [-0.1, -0.05) is 61.0 Å². The number of ether oxygens (including phenoxy) is 2. The Balaban J connectivity index is 1.40. The summed E-state index contributed by atoms with van der Waals surface area (Å²) in [4.78, 5) is 36.8. The molecule has 1 aliphatic heterocycles. The quantitative estimate of drug-likeness (QED) is 0.139. The molecule has 2 fully saturated rings. The lowest BCUT2D eigenvalue weighted by molar-refractivity contribution is -0.556. The number of benzene rings is 3. The van der Waals surface area contributed by atoms with Crippen molar-refractivity contribution in [3.05, 3.63) is 128 Å². The van der Waals surface area contributed by atoms with Crippen LogP contribution in [0.25, 0.3) is 32.7 Å². The van der Waals surface area contributed by atoms with E-state index < -0.39 is 41.9 Å². The van der Waals surface area contributed by atoms with Crippen molar-refractivity contribution in [1.29, 1.82) is 0 Å². The molecule has 47 heavy (non-hydrogen) atoms. The van der Waals surface area contributed by atoms with Crippen LogP contribution in [0, 0.1) is 20.2 Å². The SMILES string of the molecule is O=[N+]([O-])C1C2OC3(CCCCC3)OC2C([N+](=O)[O-])[C@H](c2c[nH]c3ccccc23)c2c([nH]c3ccccc23)[C@@H]1c1c[nH]c2ccccc12. The minimum atomic E-state index is -1.38. The van der Waals surface area contributed by atoms with Crippen molar-refractivity contribution >= 4 is 32.7 Å². The lowest BCUT2D eigenvalue weighted by atomic mass is 9.71. The summed E-state index contributed by atoms with van der Waals surface area (Å²) in [6, 6.07) is 20.4. The molecular formula is C36H33N5O6. The normalized spacial score (nSPS) is 27.1. The molecule has 11 nitrogen and oxygen atoms in total. The molecule has 3 aromatic carbocycles. The van der Waals surface area contributed by atoms with E-state index in [1.54, 1.807) is 0 Å². The number of hydrogen-bond acceptors (Lipinski definition) is 6. The predicted molar refractivity (Wildman–Crippen MR) is 176 cm³/mol. The molecule has 2 aliphatic carbocycles. The molecule has 4 unspecified atom stereocenters. The number of hydrogen-bond donors (Lipinski definition) is 3. The largest absolute Gasteiger partial charge is 0.361 e. The Labute approximate surface area is 268 Å². The molecule has 6 aromatic rings. The Bertz CT molecular complexity index is 2180. The van der Waals surface area contributed by atoms with Crippen LogP contribution in [0.2, 0.25) is 0 Å². The average Bonchev–Trinajstić information content (AvgIpc) is 3.85. The molecule has 3 N–H and O–H groups in total. The Morgan fingerprint density at radius 1 is 0.638 bits per heavy atom. The van der Waals surface area contributed by atoms with Gasteiger partial charge in [-0.25, -0.2) is 0 Å². The van der Waals surface area contributed by atoms with Gasteiger partial charge in [0.15, 0.2) is 18.0 Å². The van der Waals surface area contributed by atoms with Crippen LogP contribution in [-0.4, -0.2) is 54.9 Å². The molecule has 3 aromatic heterocycles. The fourth-order valence-electron chi connectivity index (χ4n) is 8.86. The van der Waals surface area contributed by atoms with Crippen LogP contribution < -0.4 is 0 Å². The molecular weight excluding hydrogens is 598 g/mol. The molecule has 1 saturated carbocycles. The number of fused-ring (bicyclic) bond motifs is 6. The third-order valence-electron chi connectivity index (χ3n) is 10.8. The van der Waals surface area contributed by atoms with Gasteiger partial charge in [0.1, 0.15) is 0 Å². The highest BCUT2D eigenvalue weighted by molar-refractivity contribution is 5.91. The minimum absolute atomic E-state index is 0.288. The summed E-state index contributed by atoms with van der Waals surface area (Å²) in [6.45, 7) is 0. The van der Waals surface area contributed by atoms with Crippen LogP contribution in [0.5, 0.6) is 0 Å². The van der Waals surface area contributed by atoms with Gasteiger partial charge in [0, 0.05) is 73.5 Å². The molecule has 0 radical (unpaired) electrons. The second kappa shape index (κ2) is 10.5. The van der Waals surface area contributed by atoms with Crippen molar-refractivity contribution in [3.63, 3.8) is 0 Å². The van der Waals surface area contributed by atoms with Gasteiger partial charge in [-0.05, 0) is 47.7 Å². The molecule has 11 heteroatoms.